The fourth-order valence-electron chi connectivity index (χ4n) is 2.71. The molecule has 5 nitrogen and oxygen atoms in total. The zero-order valence-corrected chi connectivity index (χ0v) is 17.6. The lowest BCUT2D eigenvalue weighted by Crippen LogP contribution is -2.22. The molecule has 0 bridgehead atoms. The Morgan fingerprint density at radius 3 is 2.79 bits per heavy atom. The molecular formula is C20H17N3O2S3. The van der Waals surface area contributed by atoms with Crippen LogP contribution in [0.25, 0.3) is 20.8 Å². The highest BCUT2D eigenvalue weighted by Crippen LogP contribution is 2.29. The smallest absolute Gasteiger partial charge is 0.263 e. The van der Waals surface area contributed by atoms with Gasteiger partial charge in [-0.25, -0.2) is 9.97 Å². The minimum absolute atomic E-state index is 0.0224. The minimum Gasteiger partial charge on any atom is -0.497 e. The van der Waals surface area contributed by atoms with Crippen LogP contribution >= 0.6 is 34.4 Å². The molecule has 1 aromatic carbocycles. The summed E-state index contributed by atoms with van der Waals surface area (Å²) in [6.07, 6.45) is 1.72. The fourth-order valence-corrected chi connectivity index (χ4v) is 5.35. The Kier molecular flexibility index (Phi) is 5.61. The van der Waals surface area contributed by atoms with Gasteiger partial charge in [-0.3, -0.25) is 9.36 Å². The van der Waals surface area contributed by atoms with Crippen LogP contribution in [-0.2, 0) is 12.3 Å². The van der Waals surface area contributed by atoms with Gasteiger partial charge in [0.25, 0.3) is 5.56 Å². The van der Waals surface area contributed by atoms with Crippen molar-refractivity contribution in [3.05, 3.63) is 69.8 Å². The molecule has 0 aliphatic heterocycles. The fraction of sp³-hybridized carbons (Fsp3) is 0.150. The predicted molar refractivity (Wildman–Crippen MR) is 118 cm³/mol. The number of thiazole rings is 1. The van der Waals surface area contributed by atoms with Gasteiger partial charge in [0.05, 0.1) is 18.2 Å². The number of allylic oxidation sites excluding steroid dienone is 1. The summed E-state index contributed by atoms with van der Waals surface area (Å²) in [5.74, 6) is 1.47. The first-order chi connectivity index (χ1) is 13.7. The Hall–Kier alpha value is -2.42. The highest BCUT2D eigenvalue weighted by molar-refractivity contribution is 7.98. The molecule has 0 aliphatic carbocycles. The van der Waals surface area contributed by atoms with E-state index in [-0.39, 0.29) is 5.56 Å². The Balaban J connectivity index is 1.56. The third-order valence-corrected chi connectivity index (χ3v) is 6.85. The lowest BCUT2D eigenvalue weighted by molar-refractivity contribution is 0.415. The van der Waals surface area contributed by atoms with Gasteiger partial charge in [-0.05, 0) is 35.7 Å². The molecule has 142 valence electrons. The molecule has 8 heteroatoms. The Labute approximate surface area is 174 Å². The Bertz CT molecular complexity index is 1180. The highest BCUT2D eigenvalue weighted by atomic mass is 32.2. The van der Waals surface area contributed by atoms with Crippen molar-refractivity contribution in [1.29, 1.82) is 0 Å². The van der Waals surface area contributed by atoms with Crippen molar-refractivity contribution >= 4 is 44.7 Å². The first kappa shape index (κ1) is 18.9. The molecule has 0 fully saturated rings. The summed E-state index contributed by atoms with van der Waals surface area (Å²) in [7, 11) is 1.65. The minimum atomic E-state index is -0.0224. The second-order valence-corrected chi connectivity index (χ2v) is 8.59. The molecule has 3 heterocycles. The molecule has 4 aromatic rings. The third-order valence-electron chi connectivity index (χ3n) is 4.10. The van der Waals surface area contributed by atoms with Gasteiger partial charge in [-0.2, -0.15) is 0 Å². The second-order valence-electron chi connectivity index (χ2n) is 5.90. The van der Waals surface area contributed by atoms with Crippen LogP contribution in [0.5, 0.6) is 5.75 Å². The molecule has 0 radical (unpaired) electrons. The first-order valence-corrected chi connectivity index (χ1v) is 11.2. The number of ether oxygens (including phenoxy) is 1. The Morgan fingerprint density at radius 1 is 1.21 bits per heavy atom. The van der Waals surface area contributed by atoms with E-state index in [0.717, 1.165) is 26.8 Å². The molecule has 0 N–H and O–H groups in total. The van der Waals surface area contributed by atoms with Crippen LogP contribution in [0.4, 0.5) is 0 Å². The number of benzene rings is 1. The number of fused-ring (bicyclic) bond motifs is 1. The predicted octanol–water partition coefficient (Wildman–Crippen LogP) is 5.07. The summed E-state index contributed by atoms with van der Waals surface area (Å²) < 4.78 is 6.87. The summed E-state index contributed by atoms with van der Waals surface area (Å²) >= 11 is 4.61. The number of hydrogen-bond donors (Lipinski definition) is 0. The van der Waals surface area contributed by atoms with E-state index in [2.05, 4.69) is 11.6 Å². The van der Waals surface area contributed by atoms with Crippen molar-refractivity contribution in [2.45, 2.75) is 17.5 Å². The summed E-state index contributed by atoms with van der Waals surface area (Å²) in [5, 5.41) is 6.26. The van der Waals surface area contributed by atoms with Crippen LogP contribution in [0.2, 0.25) is 0 Å². The molecule has 3 aromatic heterocycles. The molecule has 4 rings (SSSR count). The van der Waals surface area contributed by atoms with Crippen molar-refractivity contribution < 1.29 is 4.74 Å². The molecular weight excluding hydrogens is 410 g/mol. The molecule has 0 saturated heterocycles. The summed E-state index contributed by atoms with van der Waals surface area (Å²) in [4.78, 5) is 22.9. The van der Waals surface area contributed by atoms with Gasteiger partial charge in [0, 0.05) is 23.2 Å². The molecule has 0 saturated carbocycles. The molecule has 0 atom stereocenters. The number of methoxy groups -OCH3 is 1. The topological polar surface area (TPSA) is 57.0 Å². The van der Waals surface area contributed by atoms with Crippen LogP contribution in [0, 0.1) is 0 Å². The maximum absolute atomic E-state index is 12.7. The molecule has 0 amide bonds. The number of thiophene rings is 1. The van der Waals surface area contributed by atoms with Gasteiger partial charge in [0.2, 0.25) is 0 Å². The van der Waals surface area contributed by atoms with Crippen LogP contribution < -0.4 is 10.3 Å². The maximum atomic E-state index is 12.7. The van der Waals surface area contributed by atoms with Crippen molar-refractivity contribution in [2.75, 3.05) is 7.11 Å². The number of rotatable bonds is 7. The van der Waals surface area contributed by atoms with Crippen molar-refractivity contribution in [2.24, 2.45) is 0 Å². The van der Waals surface area contributed by atoms with Gasteiger partial charge in [-0.1, -0.05) is 17.8 Å². The van der Waals surface area contributed by atoms with Gasteiger partial charge in [0.1, 0.15) is 15.6 Å². The van der Waals surface area contributed by atoms with Crippen LogP contribution in [-0.4, -0.2) is 21.6 Å². The van der Waals surface area contributed by atoms with E-state index < -0.39 is 0 Å². The normalized spacial score (nSPS) is 11.0. The summed E-state index contributed by atoms with van der Waals surface area (Å²) in [6.45, 7) is 4.20. The molecule has 28 heavy (non-hydrogen) atoms. The van der Waals surface area contributed by atoms with Gasteiger partial charge >= 0.3 is 0 Å². The van der Waals surface area contributed by atoms with Crippen molar-refractivity contribution in [3.63, 3.8) is 0 Å². The second kappa shape index (κ2) is 8.30. The van der Waals surface area contributed by atoms with E-state index in [1.54, 1.807) is 29.1 Å². The lowest BCUT2D eigenvalue weighted by atomic mass is 10.2. The van der Waals surface area contributed by atoms with E-state index in [1.807, 2.05) is 41.1 Å². The van der Waals surface area contributed by atoms with E-state index >= 15 is 0 Å². The molecule has 0 aliphatic rings. The average Bonchev–Trinajstić information content (AvgIpc) is 3.38. The first-order valence-electron chi connectivity index (χ1n) is 8.50. The summed E-state index contributed by atoms with van der Waals surface area (Å²) in [5.41, 5.74) is 2.00. The molecule has 0 unspecified atom stereocenters. The zero-order valence-electron chi connectivity index (χ0n) is 15.1. The third kappa shape index (κ3) is 3.76. The van der Waals surface area contributed by atoms with E-state index in [0.29, 0.717) is 22.8 Å². The standard InChI is InChI=1S/C20H17N3O2S3/c1-3-9-23-19(24)16-8-10-26-18(16)22-20(23)28-12-14-11-27-17(21-14)13-4-6-15(25-2)7-5-13/h3-8,10-11H,1,9,12H2,2H3. The van der Waals surface area contributed by atoms with E-state index in [1.165, 1.54) is 23.1 Å². The number of thioether (sulfide) groups is 1. The lowest BCUT2D eigenvalue weighted by Gasteiger charge is -2.09. The number of aromatic nitrogens is 3. The molecule has 0 spiro atoms. The highest BCUT2D eigenvalue weighted by Gasteiger charge is 2.13. The maximum Gasteiger partial charge on any atom is 0.263 e. The number of nitrogens with zero attached hydrogens (tertiary/aromatic N) is 3. The Morgan fingerprint density at radius 2 is 2.04 bits per heavy atom. The van der Waals surface area contributed by atoms with E-state index in [9.17, 15) is 4.79 Å². The van der Waals surface area contributed by atoms with Gasteiger partial charge in [-0.15, -0.1) is 29.3 Å². The number of hydrogen-bond acceptors (Lipinski definition) is 7. The van der Waals surface area contributed by atoms with Crippen LogP contribution in [0.15, 0.2) is 63.7 Å². The van der Waals surface area contributed by atoms with Gasteiger partial charge < -0.3 is 4.74 Å². The van der Waals surface area contributed by atoms with Crippen LogP contribution in [0.1, 0.15) is 5.69 Å². The van der Waals surface area contributed by atoms with Crippen LogP contribution in [0.3, 0.4) is 0 Å². The average molecular weight is 428 g/mol. The quantitative estimate of drug-likeness (QED) is 0.234. The SMILES string of the molecule is C=CCn1c(SCc2csc(-c3ccc(OC)cc3)n2)nc2sccc2c1=O. The van der Waals surface area contributed by atoms with E-state index in [4.69, 9.17) is 9.72 Å². The van der Waals surface area contributed by atoms with Crippen molar-refractivity contribution in [3.8, 4) is 16.3 Å². The monoisotopic (exact) mass is 427 g/mol. The summed E-state index contributed by atoms with van der Waals surface area (Å²) in [6, 6.07) is 9.69. The largest absolute Gasteiger partial charge is 0.497 e. The van der Waals surface area contributed by atoms with Crippen molar-refractivity contribution in [1.82, 2.24) is 14.5 Å². The van der Waals surface area contributed by atoms with Gasteiger partial charge in [0.15, 0.2) is 5.16 Å². The zero-order chi connectivity index (χ0) is 19.5.